The monoisotopic (exact) mass is 279 g/mol. The summed E-state index contributed by atoms with van der Waals surface area (Å²) in [6, 6.07) is 7.27. The van der Waals surface area contributed by atoms with Crippen molar-refractivity contribution >= 4 is 29.6 Å². The van der Waals surface area contributed by atoms with E-state index in [9.17, 15) is 9.59 Å². The van der Waals surface area contributed by atoms with Gasteiger partial charge >= 0.3 is 5.97 Å². The molecule has 4 nitrogen and oxygen atoms in total. The number of carbonyl (C=O) groups is 2. The van der Waals surface area contributed by atoms with Crippen LogP contribution in [0.2, 0.25) is 5.02 Å². The Morgan fingerprint density at radius 3 is 2.68 bits per heavy atom. The van der Waals surface area contributed by atoms with Crippen LogP contribution in [0.1, 0.15) is 12.0 Å². The van der Waals surface area contributed by atoms with Gasteiger partial charge in [-0.2, -0.15) is 0 Å². The van der Waals surface area contributed by atoms with E-state index in [1.54, 1.807) is 17.0 Å². The second-order valence-corrected chi connectivity index (χ2v) is 4.97. The zero-order valence-corrected chi connectivity index (χ0v) is 11.0. The normalized spacial score (nSPS) is 15.5. The summed E-state index contributed by atoms with van der Waals surface area (Å²) in [5.41, 5.74) is 0.792. The van der Waals surface area contributed by atoms with E-state index in [0.717, 1.165) is 5.56 Å². The van der Waals surface area contributed by atoms with E-state index in [1.807, 2.05) is 18.2 Å². The Hall–Kier alpha value is -1.81. The lowest BCUT2D eigenvalue weighted by Crippen LogP contribution is -2.49. The third kappa shape index (κ3) is 3.58. The molecule has 1 heterocycles. The highest BCUT2D eigenvalue weighted by Gasteiger charge is 2.30. The molecule has 0 spiro atoms. The van der Waals surface area contributed by atoms with Crippen LogP contribution in [-0.4, -0.2) is 35.0 Å². The number of hydrogen-bond acceptors (Lipinski definition) is 2. The molecule has 100 valence electrons. The highest BCUT2D eigenvalue weighted by atomic mass is 35.5. The number of likely N-dealkylation sites (tertiary alicyclic amines) is 1. The van der Waals surface area contributed by atoms with Crippen molar-refractivity contribution in [2.75, 3.05) is 13.1 Å². The molecule has 0 unspecified atom stereocenters. The number of halogens is 1. The molecular weight excluding hydrogens is 266 g/mol. The molecule has 0 aliphatic carbocycles. The van der Waals surface area contributed by atoms with E-state index in [2.05, 4.69) is 0 Å². The highest BCUT2D eigenvalue weighted by Crippen LogP contribution is 2.20. The van der Waals surface area contributed by atoms with Crippen molar-refractivity contribution in [3.8, 4) is 0 Å². The summed E-state index contributed by atoms with van der Waals surface area (Å²) in [5, 5.41) is 9.22. The van der Waals surface area contributed by atoms with Gasteiger partial charge in [0.15, 0.2) is 0 Å². The predicted molar refractivity (Wildman–Crippen MR) is 72.8 cm³/mol. The number of aliphatic carboxylic acids is 1. The Kier molecular flexibility index (Phi) is 4.22. The fraction of sp³-hybridized carbons (Fsp3) is 0.286. The van der Waals surface area contributed by atoms with Crippen LogP contribution in [0.3, 0.4) is 0 Å². The molecule has 1 aliphatic rings. The molecule has 0 aromatic heterocycles. The fourth-order valence-electron chi connectivity index (χ4n) is 2.00. The van der Waals surface area contributed by atoms with Crippen molar-refractivity contribution in [1.29, 1.82) is 0 Å². The van der Waals surface area contributed by atoms with Gasteiger partial charge in [0.2, 0.25) is 5.91 Å². The maximum Gasteiger partial charge on any atom is 0.303 e. The van der Waals surface area contributed by atoms with Gasteiger partial charge in [-0.25, -0.2) is 0 Å². The van der Waals surface area contributed by atoms with E-state index >= 15 is 0 Å². The summed E-state index contributed by atoms with van der Waals surface area (Å²) in [7, 11) is 0. The second kappa shape index (κ2) is 5.89. The molecular formula is C14H14ClNO3. The lowest BCUT2D eigenvalue weighted by Gasteiger charge is -2.37. The molecule has 19 heavy (non-hydrogen) atoms. The first-order chi connectivity index (χ1) is 9.06. The number of nitrogens with zero attached hydrogens (tertiary/aromatic N) is 1. The van der Waals surface area contributed by atoms with Crippen LogP contribution < -0.4 is 0 Å². The quantitative estimate of drug-likeness (QED) is 0.860. The topological polar surface area (TPSA) is 57.6 Å². The lowest BCUT2D eigenvalue weighted by molar-refractivity contribution is -0.143. The summed E-state index contributed by atoms with van der Waals surface area (Å²) >= 11 is 5.97. The predicted octanol–water partition coefficient (Wildman–Crippen LogP) is 2.29. The number of hydrogen-bond donors (Lipinski definition) is 1. The van der Waals surface area contributed by atoms with E-state index in [1.165, 1.54) is 6.08 Å². The zero-order valence-electron chi connectivity index (χ0n) is 10.3. The number of rotatable bonds is 4. The average molecular weight is 280 g/mol. The van der Waals surface area contributed by atoms with E-state index < -0.39 is 5.97 Å². The second-order valence-electron chi connectivity index (χ2n) is 4.56. The van der Waals surface area contributed by atoms with Crippen LogP contribution in [0, 0.1) is 5.92 Å². The van der Waals surface area contributed by atoms with Crippen LogP contribution in [0.5, 0.6) is 0 Å². The Morgan fingerprint density at radius 2 is 2.05 bits per heavy atom. The van der Waals surface area contributed by atoms with Crippen molar-refractivity contribution in [1.82, 2.24) is 4.90 Å². The largest absolute Gasteiger partial charge is 0.481 e. The van der Waals surface area contributed by atoms with Crippen LogP contribution in [-0.2, 0) is 9.59 Å². The highest BCUT2D eigenvalue weighted by molar-refractivity contribution is 6.32. The number of carboxylic acid groups (broad SMARTS) is 1. The zero-order chi connectivity index (χ0) is 13.8. The summed E-state index contributed by atoms with van der Waals surface area (Å²) in [5.74, 6) is -0.847. The molecule has 2 rings (SSSR count). The van der Waals surface area contributed by atoms with Crippen LogP contribution >= 0.6 is 11.6 Å². The minimum absolute atomic E-state index is 0.0789. The molecule has 1 saturated heterocycles. The minimum Gasteiger partial charge on any atom is -0.481 e. The van der Waals surface area contributed by atoms with Gasteiger partial charge in [-0.1, -0.05) is 29.8 Å². The molecule has 1 aromatic carbocycles. The number of carbonyl (C=O) groups excluding carboxylic acids is 1. The van der Waals surface area contributed by atoms with Crippen LogP contribution in [0.4, 0.5) is 0 Å². The third-order valence-electron chi connectivity index (χ3n) is 3.04. The van der Waals surface area contributed by atoms with Crippen molar-refractivity contribution in [2.24, 2.45) is 5.92 Å². The Bertz CT molecular complexity index is 521. The molecule has 0 saturated carbocycles. The van der Waals surface area contributed by atoms with Gasteiger partial charge in [-0.3, -0.25) is 9.59 Å². The average Bonchev–Trinajstić information content (AvgIpc) is 2.31. The molecule has 1 amide bonds. The van der Waals surface area contributed by atoms with E-state index in [-0.39, 0.29) is 18.2 Å². The first-order valence-corrected chi connectivity index (χ1v) is 6.37. The van der Waals surface area contributed by atoms with Gasteiger partial charge in [0, 0.05) is 30.1 Å². The van der Waals surface area contributed by atoms with Gasteiger partial charge in [-0.05, 0) is 17.7 Å². The Balaban J connectivity index is 1.86. The maximum atomic E-state index is 11.8. The van der Waals surface area contributed by atoms with Gasteiger partial charge in [0.05, 0.1) is 6.42 Å². The fourth-order valence-corrected chi connectivity index (χ4v) is 2.20. The van der Waals surface area contributed by atoms with E-state index in [4.69, 9.17) is 16.7 Å². The molecule has 1 N–H and O–H groups in total. The standard InChI is InChI=1S/C14H14ClNO3/c15-12-4-2-1-3-11(12)5-6-13(17)16-8-10(9-16)7-14(18)19/h1-6,10H,7-9H2,(H,18,19). The molecule has 1 fully saturated rings. The molecule has 0 atom stereocenters. The van der Waals surface area contributed by atoms with Crippen molar-refractivity contribution < 1.29 is 14.7 Å². The summed E-state index contributed by atoms with van der Waals surface area (Å²) in [6.45, 7) is 1.02. The van der Waals surface area contributed by atoms with Crippen molar-refractivity contribution in [2.45, 2.75) is 6.42 Å². The van der Waals surface area contributed by atoms with Crippen LogP contribution in [0.15, 0.2) is 30.3 Å². The minimum atomic E-state index is -0.816. The van der Waals surface area contributed by atoms with Gasteiger partial charge < -0.3 is 10.0 Å². The van der Waals surface area contributed by atoms with Crippen LogP contribution in [0.25, 0.3) is 6.08 Å². The summed E-state index contributed by atoms with van der Waals surface area (Å²) in [6.07, 6.45) is 3.27. The van der Waals surface area contributed by atoms with Gasteiger partial charge in [-0.15, -0.1) is 0 Å². The van der Waals surface area contributed by atoms with E-state index in [0.29, 0.717) is 18.1 Å². The maximum absolute atomic E-state index is 11.8. The molecule has 0 radical (unpaired) electrons. The summed E-state index contributed by atoms with van der Waals surface area (Å²) in [4.78, 5) is 23.9. The Labute approximate surface area is 116 Å². The van der Waals surface area contributed by atoms with Crippen molar-refractivity contribution in [3.63, 3.8) is 0 Å². The number of amides is 1. The molecule has 1 aliphatic heterocycles. The number of carboxylic acids is 1. The third-order valence-corrected chi connectivity index (χ3v) is 3.39. The van der Waals surface area contributed by atoms with Crippen molar-refractivity contribution in [3.05, 3.63) is 40.9 Å². The molecule has 5 heteroatoms. The first kappa shape index (κ1) is 13.6. The SMILES string of the molecule is O=C(O)CC1CN(C(=O)C=Cc2ccccc2Cl)C1. The lowest BCUT2D eigenvalue weighted by atomic mass is 9.96. The molecule has 1 aromatic rings. The summed E-state index contributed by atoms with van der Waals surface area (Å²) < 4.78 is 0. The first-order valence-electron chi connectivity index (χ1n) is 5.99. The van der Waals surface area contributed by atoms with Gasteiger partial charge in [0.1, 0.15) is 0 Å². The smallest absolute Gasteiger partial charge is 0.303 e. The van der Waals surface area contributed by atoms with Gasteiger partial charge in [0.25, 0.3) is 0 Å². The molecule has 0 bridgehead atoms. The Morgan fingerprint density at radius 1 is 1.37 bits per heavy atom. The number of benzene rings is 1.